The van der Waals surface area contributed by atoms with Gasteiger partial charge in [-0.1, -0.05) is 25.8 Å². The van der Waals surface area contributed by atoms with Gasteiger partial charge in [0, 0.05) is 18.3 Å². The summed E-state index contributed by atoms with van der Waals surface area (Å²) in [5.74, 6) is 1.15. The monoisotopic (exact) mass is 205 g/mol. The van der Waals surface area contributed by atoms with Crippen LogP contribution in [0.2, 0.25) is 0 Å². The molecule has 1 aromatic heterocycles. The molecule has 0 bridgehead atoms. The summed E-state index contributed by atoms with van der Waals surface area (Å²) >= 11 is 0. The van der Waals surface area contributed by atoms with Crippen molar-refractivity contribution in [1.82, 2.24) is 4.98 Å². The number of pyridine rings is 1. The molecule has 1 N–H and O–H groups in total. The van der Waals surface area contributed by atoms with Gasteiger partial charge in [0.15, 0.2) is 0 Å². The largest absolute Gasteiger partial charge is 0.392 e. The van der Waals surface area contributed by atoms with Gasteiger partial charge >= 0.3 is 0 Å². The van der Waals surface area contributed by atoms with Crippen LogP contribution in [0.15, 0.2) is 24.4 Å². The van der Waals surface area contributed by atoms with Crippen LogP contribution in [0.25, 0.3) is 0 Å². The third kappa shape index (κ3) is 2.57. The van der Waals surface area contributed by atoms with Crippen molar-refractivity contribution in [3.05, 3.63) is 30.1 Å². The van der Waals surface area contributed by atoms with Crippen molar-refractivity contribution in [2.24, 2.45) is 11.8 Å². The standard InChI is InChI=1S/C13H19NO/c1-10-5-4-7-12(10)13(15)9-11-6-2-3-8-14-11/h2-3,6,8,10,12-13,15H,4-5,7,9H2,1H3. The Morgan fingerprint density at radius 1 is 1.47 bits per heavy atom. The van der Waals surface area contributed by atoms with Crippen molar-refractivity contribution in [3.8, 4) is 0 Å². The molecule has 0 aromatic carbocycles. The maximum atomic E-state index is 10.1. The van der Waals surface area contributed by atoms with Gasteiger partial charge in [0.2, 0.25) is 0 Å². The van der Waals surface area contributed by atoms with Crippen molar-refractivity contribution in [3.63, 3.8) is 0 Å². The number of hydrogen-bond acceptors (Lipinski definition) is 2. The Bertz CT molecular complexity index is 299. The van der Waals surface area contributed by atoms with Gasteiger partial charge < -0.3 is 5.11 Å². The molecule has 3 unspecified atom stereocenters. The Kier molecular flexibility index (Phi) is 3.37. The second kappa shape index (κ2) is 4.75. The van der Waals surface area contributed by atoms with E-state index in [0.29, 0.717) is 18.3 Å². The van der Waals surface area contributed by atoms with E-state index in [4.69, 9.17) is 0 Å². The lowest BCUT2D eigenvalue weighted by Crippen LogP contribution is -2.25. The number of aromatic nitrogens is 1. The van der Waals surface area contributed by atoms with Crippen LogP contribution in [-0.2, 0) is 6.42 Å². The Balaban J connectivity index is 1.94. The lowest BCUT2D eigenvalue weighted by atomic mass is 9.90. The first-order chi connectivity index (χ1) is 7.27. The zero-order chi connectivity index (χ0) is 10.7. The number of aliphatic hydroxyl groups is 1. The molecule has 2 heteroatoms. The highest BCUT2D eigenvalue weighted by Gasteiger charge is 2.29. The summed E-state index contributed by atoms with van der Waals surface area (Å²) in [5.41, 5.74) is 1.00. The Hall–Kier alpha value is -0.890. The first-order valence-corrected chi connectivity index (χ1v) is 5.85. The minimum absolute atomic E-state index is 0.211. The fraction of sp³-hybridized carbons (Fsp3) is 0.615. The van der Waals surface area contributed by atoms with Crippen LogP contribution in [0.5, 0.6) is 0 Å². The molecule has 1 aliphatic rings. The van der Waals surface area contributed by atoms with Crippen LogP contribution in [-0.4, -0.2) is 16.2 Å². The molecule has 0 amide bonds. The molecule has 0 radical (unpaired) electrons. The van der Waals surface area contributed by atoms with Gasteiger partial charge in [-0.25, -0.2) is 0 Å². The molecule has 82 valence electrons. The van der Waals surface area contributed by atoms with Crippen molar-refractivity contribution in [2.75, 3.05) is 0 Å². The van der Waals surface area contributed by atoms with E-state index >= 15 is 0 Å². The van der Waals surface area contributed by atoms with Crippen LogP contribution in [0.3, 0.4) is 0 Å². The SMILES string of the molecule is CC1CCCC1C(O)Cc1ccccn1. The van der Waals surface area contributed by atoms with Crippen LogP contribution < -0.4 is 0 Å². The van der Waals surface area contributed by atoms with E-state index in [1.54, 1.807) is 6.20 Å². The molecule has 0 aliphatic heterocycles. The zero-order valence-corrected chi connectivity index (χ0v) is 9.26. The van der Waals surface area contributed by atoms with Gasteiger partial charge in [-0.3, -0.25) is 4.98 Å². The van der Waals surface area contributed by atoms with E-state index in [9.17, 15) is 5.11 Å². The van der Waals surface area contributed by atoms with Gasteiger partial charge in [-0.05, 0) is 30.4 Å². The van der Waals surface area contributed by atoms with E-state index in [-0.39, 0.29) is 6.10 Å². The molecule has 1 fully saturated rings. The van der Waals surface area contributed by atoms with Gasteiger partial charge in [0.1, 0.15) is 0 Å². The molecule has 15 heavy (non-hydrogen) atoms. The molecule has 1 heterocycles. The minimum atomic E-state index is -0.211. The summed E-state index contributed by atoms with van der Waals surface area (Å²) in [5, 5.41) is 10.1. The Morgan fingerprint density at radius 2 is 2.33 bits per heavy atom. The second-order valence-corrected chi connectivity index (χ2v) is 4.66. The lowest BCUT2D eigenvalue weighted by molar-refractivity contribution is 0.0893. The van der Waals surface area contributed by atoms with Gasteiger partial charge in [0.25, 0.3) is 0 Å². The van der Waals surface area contributed by atoms with Crippen molar-refractivity contribution in [2.45, 2.75) is 38.7 Å². The molecule has 1 aromatic rings. The molecular formula is C13H19NO. The molecular weight excluding hydrogens is 186 g/mol. The number of nitrogens with zero attached hydrogens (tertiary/aromatic N) is 1. The summed E-state index contributed by atoms with van der Waals surface area (Å²) < 4.78 is 0. The van der Waals surface area contributed by atoms with Crippen molar-refractivity contribution < 1.29 is 5.11 Å². The highest BCUT2D eigenvalue weighted by atomic mass is 16.3. The summed E-state index contributed by atoms with van der Waals surface area (Å²) in [6.07, 6.45) is 6.00. The van der Waals surface area contributed by atoms with E-state index < -0.39 is 0 Å². The average Bonchev–Trinajstić information content (AvgIpc) is 2.66. The zero-order valence-electron chi connectivity index (χ0n) is 9.26. The van der Waals surface area contributed by atoms with Crippen LogP contribution >= 0.6 is 0 Å². The molecule has 3 atom stereocenters. The Labute approximate surface area is 91.4 Å². The van der Waals surface area contributed by atoms with E-state index in [1.807, 2.05) is 18.2 Å². The smallest absolute Gasteiger partial charge is 0.0626 e. The molecule has 2 nitrogen and oxygen atoms in total. The maximum Gasteiger partial charge on any atom is 0.0626 e. The third-order valence-corrected chi connectivity index (χ3v) is 3.57. The molecule has 2 rings (SSSR count). The molecule has 0 spiro atoms. The quantitative estimate of drug-likeness (QED) is 0.822. The molecule has 1 aliphatic carbocycles. The Morgan fingerprint density at radius 3 is 2.93 bits per heavy atom. The topological polar surface area (TPSA) is 33.1 Å². The van der Waals surface area contributed by atoms with Crippen LogP contribution in [0.4, 0.5) is 0 Å². The first-order valence-electron chi connectivity index (χ1n) is 5.85. The average molecular weight is 205 g/mol. The van der Waals surface area contributed by atoms with Crippen molar-refractivity contribution in [1.29, 1.82) is 0 Å². The fourth-order valence-corrected chi connectivity index (χ4v) is 2.63. The van der Waals surface area contributed by atoms with E-state index in [2.05, 4.69) is 11.9 Å². The summed E-state index contributed by atoms with van der Waals surface area (Å²) in [7, 11) is 0. The highest BCUT2D eigenvalue weighted by molar-refractivity contribution is 5.05. The predicted molar refractivity (Wildman–Crippen MR) is 60.5 cm³/mol. The highest BCUT2D eigenvalue weighted by Crippen LogP contribution is 2.34. The molecule has 0 saturated heterocycles. The third-order valence-electron chi connectivity index (χ3n) is 3.57. The number of rotatable bonds is 3. The fourth-order valence-electron chi connectivity index (χ4n) is 2.63. The lowest BCUT2D eigenvalue weighted by Gasteiger charge is -2.21. The summed E-state index contributed by atoms with van der Waals surface area (Å²) in [4.78, 5) is 4.26. The van der Waals surface area contributed by atoms with Crippen molar-refractivity contribution >= 4 is 0 Å². The minimum Gasteiger partial charge on any atom is -0.392 e. The maximum absolute atomic E-state index is 10.1. The van der Waals surface area contributed by atoms with Gasteiger partial charge in [-0.2, -0.15) is 0 Å². The summed E-state index contributed by atoms with van der Waals surface area (Å²) in [6.45, 7) is 2.25. The van der Waals surface area contributed by atoms with Crippen LogP contribution in [0.1, 0.15) is 31.9 Å². The van der Waals surface area contributed by atoms with Gasteiger partial charge in [0.05, 0.1) is 6.10 Å². The van der Waals surface area contributed by atoms with E-state index in [0.717, 1.165) is 5.69 Å². The van der Waals surface area contributed by atoms with E-state index in [1.165, 1.54) is 19.3 Å². The number of aliphatic hydroxyl groups excluding tert-OH is 1. The second-order valence-electron chi connectivity index (χ2n) is 4.66. The first kappa shape index (κ1) is 10.6. The van der Waals surface area contributed by atoms with Crippen LogP contribution in [0, 0.1) is 11.8 Å². The summed E-state index contributed by atoms with van der Waals surface area (Å²) in [6, 6.07) is 5.88. The predicted octanol–water partition coefficient (Wildman–Crippen LogP) is 2.42. The normalized spacial score (nSPS) is 27.9. The molecule has 1 saturated carbocycles. The van der Waals surface area contributed by atoms with Gasteiger partial charge in [-0.15, -0.1) is 0 Å². The number of hydrogen-bond donors (Lipinski definition) is 1.